The number of aromatic carboxylic acids is 1. The van der Waals surface area contributed by atoms with Gasteiger partial charge in [-0.2, -0.15) is 0 Å². The quantitative estimate of drug-likeness (QED) is 0.801. The number of halogens is 1. The molecule has 1 aromatic carbocycles. The fraction of sp³-hybridized carbons (Fsp3) is 0.467. The van der Waals surface area contributed by atoms with Crippen molar-refractivity contribution in [2.45, 2.75) is 39.2 Å². The van der Waals surface area contributed by atoms with Crippen LogP contribution in [0.5, 0.6) is 0 Å². The van der Waals surface area contributed by atoms with Crippen LogP contribution in [0.2, 0.25) is 0 Å². The van der Waals surface area contributed by atoms with Crippen molar-refractivity contribution < 1.29 is 19.1 Å². The molecule has 1 aliphatic rings. The minimum Gasteiger partial charge on any atom is -0.478 e. The first-order valence-electron chi connectivity index (χ1n) is 6.90. The summed E-state index contributed by atoms with van der Waals surface area (Å²) in [5, 5.41) is 14.3. The van der Waals surface area contributed by atoms with E-state index in [0.29, 0.717) is 0 Å². The lowest BCUT2D eigenvalue weighted by Crippen LogP contribution is -2.43. The average molecular weight is 294 g/mol. The molecule has 0 aromatic heterocycles. The van der Waals surface area contributed by atoms with Crippen LogP contribution in [0.3, 0.4) is 0 Å². The molecular formula is C15H19FN2O3. The van der Waals surface area contributed by atoms with Crippen molar-refractivity contribution in [2.75, 3.05) is 5.32 Å². The number of nitrogens with one attached hydrogen (secondary N) is 2. The number of urea groups is 1. The van der Waals surface area contributed by atoms with E-state index < -0.39 is 23.4 Å². The fourth-order valence-corrected chi connectivity index (χ4v) is 2.76. The molecular weight excluding hydrogens is 275 g/mol. The molecule has 1 aromatic rings. The van der Waals surface area contributed by atoms with Gasteiger partial charge in [0, 0.05) is 6.04 Å². The summed E-state index contributed by atoms with van der Waals surface area (Å²) < 4.78 is 13.5. The normalized spacial score (nSPS) is 20.0. The van der Waals surface area contributed by atoms with E-state index in [1.807, 2.05) is 0 Å². The van der Waals surface area contributed by atoms with Crippen molar-refractivity contribution in [3.05, 3.63) is 29.6 Å². The van der Waals surface area contributed by atoms with Gasteiger partial charge in [-0.1, -0.05) is 26.3 Å². The van der Waals surface area contributed by atoms with Crippen molar-refractivity contribution >= 4 is 17.7 Å². The van der Waals surface area contributed by atoms with Gasteiger partial charge in [-0.25, -0.2) is 14.0 Å². The van der Waals surface area contributed by atoms with Crippen molar-refractivity contribution in [2.24, 2.45) is 5.41 Å². The molecule has 1 aliphatic carbocycles. The maximum Gasteiger partial charge on any atom is 0.340 e. The zero-order valence-corrected chi connectivity index (χ0v) is 12.1. The van der Waals surface area contributed by atoms with E-state index in [9.17, 15) is 14.0 Å². The van der Waals surface area contributed by atoms with Gasteiger partial charge >= 0.3 is 12.0 Å². The number of anilines is 1. The second kappa shape index (κ2) is 5.71. The molecule has 1 fully saturated rings. The molecule has 5 nitrogen and oxygen atoms in total. The maximum atomic E-state index is 13.5. The Morgan fingerprint density at radius 1 is 1.38 bits per heavy atom. The third-order valence-electron chi connectivity index (χ3n) is 4.04. The number of carbonyl (C=O) groups is 2. The smallest absolute Gasteiger partial charge is 0.340 e. The standard InChI is InChI=1S/C15H19FN2O3/c1-15(2)8-4-7-11(15)18-14(21)17-10-6-3-5-9(16)12(10)13(19)20/h3,5-6,11H,4,7-8H2,1-2H3,(H,19,20)(H2,17,18,21). The highest BCUT2D eigenvalue weighted by Crippen LogP contribution is 2.37. The summed E-state index contributed by atoms with van der Waals surface area (Å²) >= 11 is 0. The van der Waals surface area contributed by atoms with Gasteiger partial charge in [-0.3, -0.25) is 0 Å². The Bertz CT molecular complexity index is 572. The summed E-state index contributed by atoms with van der Waals surface area (Å²) in [6.07, 6.45) is 2.95. The molecule has 0 saturated heterocycles. The molecule has 0 bridgehead atoms. The summed E-state index contributed by atoms with van der Waals surface area (Å²) in [6.45, 7) is 4.16. The number of benzene rings is 1. The molecule has 21 heavy (non-hydrogen) atoms. The molecule has 1 unspecified atom stereocenters. The Hall–Kier alpha value is -2.11. The van der Waals surface area contributed by atoms with E-state index >= 15 is 0 Å². The van der Waals surface area contributed by atoms with Crippen molar-refractivity contribution in [3.63, 3.8) is 0 Å². The Morgan fingerprint density at radius 2 is 2.10 bits per heavy atom. The van der Waals surface area contributed by atoms with Crippen molar-refractivity contribution in [3.8, 4) is 0 Å². The van der Waals surface area contributed by atoms with E-state index in [1.54, 1.807) is 0 Å². The van der Waals surface area contributed by atoms with Gasteiger partial charge < -0.3 is 15.7 Å². The van der Waals surface area contributed by atoms with E-state index in [1.165, 1.54) is 12.1 Å². The predicted molar refractivity (Wildman–Crippen MR) is 76.9 cm³/mol. The maximum absolute atomic E-state index is 13.5. The van der Waals surface area contributed by atoms with E-state index in [2.05, 4.69) is 24.5 Å². The summed E-state index contributed by atoms with van der Waals surface area (Å²) in [7, 11) is 0. The predicted octanol–water partition coefficient (Wildman–Crippen LogP) is 3.22. The average Bonchev–Trinajstić information content (AvgIpc) is 2.68. The minimum absolute atomic E-state index is 0.00884. The SMILES string of the molecule is CC1(C)CCCC1NC(=O)Nc1cccc(F)c1C(=O)O. The summed E-state index contributed by atoms with van der Waals surface area (Å²) in [4.78, 5) is 23.1. The Labute approximate surface area is 122 Å². The highest BCUT2D eigenvalue weighted by molar-refractivity contribution is 6.00. The zero-order valence-electron chi connectivity index (χ0n) is 12.1. The first-order chi connectivity index (χ1) is 9.81. The third kappa shape index (κ3) is 3.32. The van der Waals surface area contributed by atoms with Crippen LogP contribution in [0, 0.1) is 11.2 Å². The number of carbonyl (C=O) groups excluding carboxylic acids is 1. The van der Waals surface area contributed by atoms with E-state index in [4.69, 9.17) is 5.11 Å². The van der Waals surface area contributed by atoms with Crippen LogP contribution in [0.25, 0.3) is 0 Å². The summed E-state index contributed by atoms with van der Waals surface area (Å²) in [6, 6.07) is 3.29. The monoisotopic (exact) mass is 294 g/mol. The molecule has 0 aliphatic heterocycles. The van der Waals surface area contributed by atoms with Crippen LogP contribution in [0.1, 0.15) is 43.5 Å². The van der Waals surface area contributed by atoms with Gasteiger partial charge in [-0.05, 0) is 30.4 Å². The highest BCUT2D eigenvalue weighted by atomic mass is 19.1. The van der Waals surface area contributed by atoms with E-state index in [0.717, 1.165) is 25.3 Å². The summed E-state index contributed by atoms with van der Waals surface area (Å²) in [5.41, 5.74) is -0.566. The highest BCUT2D eigenvalue weighted by Gasteiger charge is 2.35. The second-order valence-corrected chi connectivity index (χ2v) is 6.00. The minimum atomic E-state index is -1.41. The number of amides is 2. The van der Waals surface area contributed by atoms with Crippen LogP contribution < -0.4 is 10.6 Å². The van der Waals surface area contributed by atoms with Crippen LogP contribution in [-0.2, 0) is 0 Å². The van der Waals surface area contributed by atoms with Gasteiger partial charge in [-0.15, -0.1) is 0 Å². The van der Waals surface area contributed by atoms with Crippen LogP contribution in [0.4, 0.5) is 14.9 Å². The molecule has 0 spiro atoms. The van der Waals surface area contributed by atoms with Crippen LogP contribution >= 0.6 is 0 Å². The first-order valence-corrected chi connectivity index (χ1v) is 6.90. The van der Waals surface area contributed by atoms with Gasteiger partial charge in [0.2, 0.25) is 0 Å². The lowest BCUT2D eigenvalue weighted by Gasteiger charge is -2.27. The molecule has 3 N–H and O–H groups in total. The molecule has 0 heterocycles. The zero-order chi connectivity index (χ0) is 15.6. The number of hydrogen-bond acceptors (Lipinski definition) is 2. The molecule has 2 amide bonds. The lowest BCUT2D eigenvalue weighted by atomic mass is 9.87. The number of hydrogen-bond donors (Lipinski definition) is 3. The van der Waals surface area contributed by atoms with Gasteiger partial charge in [0.25, 0.3) is 0 Å². The number of rotatable bonds is 3. The largest absolute Gasteiger partial charge is 0.478 e. The van der Waals surface area contributed by atoms with E-state index in [-0.39, 0.29) is 17.1 Å². The number of carboxylic acid groups (broad SMARTS) is 1. The Morgan fingerprint density at radius 3 is 2.67 bits per heavy atom. The van der Waals surface area contributed by atoms with Crippen molar-refractivity contribution in [1.29, 1.82) is 0 Å². The molecule has 1 atom stereocenters. The second-order valence-electron chi connectivity index (χ2n) is 6.00. The Balaban J connectivity index is 2.10. The lowest BCUT2D eigenvalue weighted by molar-refractivity contribution is 0.0693. The van der Waals surface area contributed by atoms with Gasteiger partial charge in [0.05, 0.1) is 5.69 Å². The van der Waals surface area contributed by atoms with Crippen LogP contribution in [0.15, 0.2) is 18.2 Å². The van der Waals surface area contributed by atoms with Crippen molar-refractivity contribution in [1.82, 2.24) is 5.32 Å². The molecule has 1 saturated carbocycles. The van der Waals surface area contributed by atoms with Gasteiger partial charge in [0.1, 0.15) is 11.4 Å². The number of carboxylic acids is 1. The fourth-order valence-electron chi connectivity index (χ4n) is 2.76. The van der Waals surface area contributed by atoms with Gasteiger partial charge in [0.15, 0.2) is 0 Å². The van der Waals surface area contributed by atoms with Crippen LogP contribution in [-0.4, -0.2) is 23.1 Å². The third-order valence-corrected chi connectivity index (χ3v) is 4.04. The molecule has 6 heteroatoms. The first kappa shape index (κ1) is 15.3. The molecule has 114 valence electrons. The Kier molecular flexibility index (Phi) is 4.16. The molecule has 0 radical (unpaired) electrons. The molecule has 2 rings (SSSR count). The topological polar surface area (TPSA) is 78.4 Å². The summed E-state index contributed by atoms with van der Waals surface area (Å²) in [5.74, 6) is -2.29.